The van der Waals surface area contributed by atoms with Gasteiger partial charge in [-0.25, -0.2) is 4.98 Å². The number of thioether (sulfide) groups is 1. The predicted molar refractivity (Wildman–Crippen MR) is 90.5 cm³/mol. The highest BCUT2D eigenvalue weighted by Crippen LogP contribution is 2.24. The first-order valence-electron chi connectivity index (χ1n) is 6.74. The Morgan fingerprint density at radius 2 is 2.00 bits per heavy atom. The Morgan fingerprint density at radius 3 is 2.73 bits per heavy atom. The fraction of sp³-hybridized carbons (Fsp3) is 0.125. The Morgan fingerprint density at radius 1 is 1.23 bits per heavy atom. The fourth-order valence-corrected chi connectivity index (χ4v) is 3.03. The molecule has 0 fully saturated rings. The Hall–Kier alpha value is -1.98. The van der Waals surface area contributed by atoms with Crippen LogP contribution in [0.1, 0.15) is 12.6 Å². The van der Waals surface area contributed by atoms with Gasteiger partial charge in [0.2, 0.25) is 5.91 Å². The number of rotatable bonds is 4. The van der Waals surface area contributed by atoms with Crippen LogP contribution in [0.2, 0.25) is 5.02 Å². The van der Waals surface area contributed by atoms with Crippen LogP contribution in [0.15, 0.2) is 53.7 Å². The van der Waals surface area contributed by atoms with Crippen molar-refractivity contribution in [3.05, 3.63) is 59.5 Å². The molecule has 0 radical (unpaired) electrons. The van der Waals surface area contributed by atoms with Gasteiger partial charge in [-0.2, -0.15) is 0 Å². The van der Waals surface area contributed by atoms with Crippen molar-refractivity contribution in [1.82, 2.24) is 9.38 Å². The summed E-state index contributed by atoms with van der Waals surface area (Å²) in [5.41, 5.74) is 2.69. The largest absolute Gasteiger partial charge is 0.326 e. The Labute approximate surface area is 137 Å². The van der Waals surface area contributed by atoms with Gasteiger partial charge in [-0.15, -0.1) is 11.8 Å². The third-order valence-corrected chi connectivity index (χ3v) is 4.30. The highest BCUT2D eigenvalue weighted by atomic mass is 35.5. The summed E-state index contributed by atoms with van der Waals surface area (Å²) in [5.74, 6) is 0.711. The van der Waals surface area contributed by atoms with E-state index in [0.29, 0.717) is 5.02 Å². The van der Waals surface area contributed by atoms with Gasteiger partial charge in [0.1, 0.15) is 5.65 Å². The van der Waals surface area contributed by atoms with Crippen LogP contribution >= 0.6 is 23.4 Å². The van der Waals surface area contributed by atoms with Crippen LogP contribution in [0.3, 0.4) is 0 Å². The molecular formula is C16H14ClN3OS. The van der Waals surface area contributed by atoms with E-state index in [0.717, 1.165) is 27.7 Å². The van der Waals surface area contributed by atoms with Crippen LogP contribution in [-0.4, -0.2) is 15.3 Å². The number of pyridine rings is 1. The zero-order valence-electron chi connectivity index (χ0n) is 11.9. The fourth-order valence-electron chi connectivity index (χ4n) is 2.08. The van der Waals surface area contributed by atoms with Gasteiger partial charge in [-0.05, 0) is 36.4 Å². The number of anilines is 1. The van der Waals surface area contributed by atoms with E-state index in [1.165, 1.54) is 6.92 Å². The lowest BCUT2D eigenvalue weighted by Crippen LogP contribution is -2.05. The summed E-state index contributed by atoms with van der Waals surface area (Å²) >= 11 is 7.67. The van der Waals surface area contributed by atoms with Gasteiger partial charge in [-0.3, -0.25) is 4.79 Å². The predicted octanol–water partition coefficient (Wildman–Crippen LogP) is 4.24. The molecule has 22 heavy (non-hydrogen) atoms. The average Bonchev–Trinajstić information content (AvgIpc) is 2.88. The lowest BCUT2D eigenvalue weighted by Gasteiger charge is -2.03. The van der Waals surface area contributed by atoms with Crippen molar-refractivity contribution in [1.29, 1.82) is 0 Å². The van der Waals surface area contributed by atoms with E-state index in [9.17, 15) is 4.79 Å². The number of benzene rings is 1. The van der Waals surface area contributed by atoms with Crippen LogP contribution < -0.4 is 5.32 Å². The molecule has 1 N–H and O–H groups in total. The van der Waals surface area contributed by atoms with Crippen molar-refractivity contribution < 1.29 is 4.79 Å². The lowest BCUT2D eigenvalue weighted by molar-refractivity contribution is -0.114. The second kappa shape index (κ2) is 6.42. The van der Waals surface area contributed by atoms with E-state index in [2.05, 4.69) is 10.3 Å². The first-order valence-corrected chi connectivity index (χ1v) is 8.10. The second-order valence-electron chi connectivity index (χ2n) is 4.84. The van der Waals surface area contributed by atoms with E-state index < -0.39 is 0 Å². The first kappa shape index (κ1) is 14.9. The van der Waals surface area contributed by atoms with Crippen molar-refractivity contribution >= 4 is 40.6 Å². The highest BCUT2D eigenvalue weighted by molar-refractivity contribution is 7.98. The quantitative estimate of drug-likeness (QED) is 0.727. The molecule has 2 aromatic heterocycles. The molecule has 6 heteroatoms. The van der Waals surface area contributed by atoms with Crippen molar-refractivity contribution in [2.75, 3.05) is 5.32 Å². The molecule has 0 spiro atoms. The third kappa shape index (κ3) is 3.61. The molecule has 1 aromatic carbocycles. The molecule has 0 aliphatic rings. The first-order chi connectivity index (χ1) is 10.6. The molecule has 0 bridgehead atoms. The van der Waals surface area contributed by atoms with Gasteiger partial charge < -0.3 is 9.72 Å². The normalized spacial score (nSPS) is 10.8. The smallest absolute Gasteiger partial charge is 0.221 e. The minimum atomic E-state index is -0.0660. The molecule has 0 aliphatic carbocycles. The van der Waals surface area contributed by atoms with Gasteiger partial charge in [-0.1, -0.05) is 11.6 Å². The van der Waals surface area contributed by atoms with Crippen molar-refractivity contribution in [2.45, 2.75) is 17.6 Å². The zero-order chi connectivity index (χ0) is 15.5. The lowest BCUT2D eigenvalue weighted by atomic mass is 10.3. The minimum Gasteiger partial charge on any atom is -0.326 e. The molecule has 0 aliphatic heterocycles. The third-order valence-electron chi connectivity index (χ3n) is 3.03. The van der Waals surface area contributed by atoms with E-state index in [-0.39, 0.29) is 5.91 Å². The number of amides is 1. The van der Waals surface area contributed by atoms with Gasteiger partial charge in [0.05, 0.1) is 10.7 Å². The maximum absolute atomic E-state index is 11.0. The zero-order valence-corrected chi connectivity index (χ0v) is 13.5. The number of imidazole rings is 1. The van der Waals surface area contributed by atoms with Gasteiger partial charge in [0.25, 0.3) is 0 Å². The maximum Gasteiger partial charge on any atom is 0.221 e. The highest BCUT2D eigenvalue weighted by Gasteiger charge is 2.03. The number of hydrogen-bond donors (Lipinski definition) is 1. The molecule has 0 atom stereocenters. The Bertz CT molecular complexity index is 814. The number of hydrogen-bond acceptors (Lipinski definition) is 3. The molecule has 2 heterocycles. The summed E-state index contributed by atoms with van der Waals surface area (Å²) in [5, 5.41) is 3.44. The van der Waals surface area contributed by atoms with Gasteiger partial charge >= 0.3 is 0 Å². The molecule has 1 amide bonds. The summed E-state index contributed by atoms with van der Waals surface area (Å²) in [6, 6.07) is 11.5. The SMILES string of the molecule is CC(=O)Nc1ccc(SCc2cn3cc(Cl)ccc3n2)cc1. The maximum atomic E-state index is 11.0. The topological polar surface area (TPSA) is 46.4 Å². The molecule has 0 unspecified atom stereocenters. The van der Waals surface area contributed by atoms with Crippen molar-refractivity contribution in [3.63, 3.8) is 0 Å². The van der Waals surface area contributed by atoms with Crippen molar-refractivity contribution in [2.24, 2.45) is 0 Å². The van der Waals surface area contributed by atoms with Crippen LogP contribution in [0.4, 0.5) is 5.69 Å². The van der Waals surface area contributed by atoms with E-state index in [4.69, 9.17) is 11.6 Å². The summed E-state index contributed by atoms with van der Waals surface area (Å²) in [4.78, 5) is 16.7. The van der Waals surface area contributed by atoms with Crippen LogP contribution in [0.25, 0.3) is 5.65 Å². The van der Waals surface area contributed by atoms with Gasteiger partial charge in [0.15, 0.2) is 0 Å². The standard InChI is InChI=1S/C16H14ClN3OS/c1-11(21)18-13-3-5-15(6-4-13)22-10-14-9-20-8-12(17)2-7-16(20)19-14/h2-9H,10H2,1H3,(H,18,21). The number of aromatic nitrogens is 2. The molecule has 0 saturated carbocycles. The summed E-state index contributed by atoms with van der Waals surface area (Å²) < 4.78 is 1.93. The van der Waals surface area contributed by atoms with Crippen LogP contribution in [0, 0.1) is 0 Å². The molecule has 112 valence electrons. The number of nitrogens with zero attached hydrogens (tertiary/aromatic N) is 2. The molecule has 3 rings (SSSR count). The number of fused-ring (bicyclic) bond motifs is 1. The number of carbonyl (C=O) groups is 1. The Balaban J connectivity index is 1.67. The molecule has 4 nitrogen and oxygen atoms in total. The van der Waals surface area contributed by atoms with E-state index in [1.807, 2.05) is 53.2 Å². The average molecular weight is 332 g/mol. The number of nitrogens with one attached hydrogen (secondary N) is 1. The van der Waals surface area contributed by atoms with Crippen LogP contribution in [0.5, 0.6) is 0 Å². The van der Waals surface area contributed by atoms with Crippen molar-refractivity contribution in [3.8, 4) is 0 Å². The van der Waals surface area contributed by atoms with Crippen LogP contribution in [-0.2, 0) is 10.5 Å². The number of carbonyl (C=O) groups excluding carboxylic acids is 1. The Kier molecular flexibility index (Phi) is 4.36. The minimum absolute atomic E-state index is 0.0660. The van der Waals surface area contributed by atoms with Gasteiger partial charge in [0, 0.05) is 35.7 Å². The summed E-state index contributed by atoms with van der Waals surface area (Å²) in [6.07, 6.45) is 3.83. The molecular weight excluding hydrogens is 318 g/mol. The summed E-state index contributed by atoms with van der Waals surface area (Å²) in [6.45, 7) is 1.50. The second-order valence-corrected chi connectivity index (χ2v) is 6.32. The molecule has 3 aromatic rings. The number of halogens is 1. The molecule has 0 saturated heterocycles. The summed E-state index contributed by atoms with van der Waals surface area (Å²) in [7, 11) is 0. The van der Waals surface area contributed by atoms with E-state index in [1.54, 1.807) is 11.8 Å². The van der Waals surface area contributed by atoms with E-state index >= 15 is 0 Å². The monoisotopic (exact) mass is 331 g/mol.